The Hall–Kier alpha value is -5.11. The molecular formula is C42H24S. The van der Waals surface area contributed by atoms with Crippen LogP contribution in [-0.2, 0) is 0 Å². The summed E-state index contributed by atoms with van der Waals surface area (Å²) in [6.07, 6.45) is 0. The topological polar surface area (TPSA) is 0 Å². The molecule has 9 aromatic rings. The molecule has 0 radical (unpaired) electrons. The molecule has 1 aliphatic heterocycles. The zero-order valence-electron chi connectivity index (χ0n) is 43.6. The summed E-state index contributed by atoms with van der Waals surface area (Å²) >= 11 is 0.928. The summed E-state index contributed by atoms with van der Waals surface area (Å²) < 4.78 is 198. The van der Waals surface area contributed by atoms with E-state index in [1.807, 2.05) is 0 Å². The van der Waals surface area contributed by atoms with Gasteiger partial charge in [0.2, 0.25) is 0 Å². The molecule has 9 aromatic carbocycles. The van der Waals surface area contributed by atoms with E-state index in [0.29, 0.717) is 0 Å². The summed E-state index contributed by atoms with van der Waals surface area (Å²) in [5, 5.41) is -3.05. The lowest BCUT2D eigenvalue weighted by Gasteiger charge is -2.21. The minimum Gasteiger partial charge on any atom is -0.0888 e. The van der Waals surface area contributed by atoms with Gasteiger partial charge in [-0.2, -0.15) is 0 Å². The summed E-state index contributed by atoms with van der Waals surface area (Å²) in [5.74, 6) is 0. The third-order valence-electron chi connectivity index (χ3n) is 7.60. The molecule has 1 heteroatoms. The van der Waals surface area contributed by atoms with Gasteiger partial charge in [-0.25, -0.2) is 0 Å². The average Bonchev–Trinajstić information content (AvgIpc) is 3.27. The van der Waals surface area contributed by atoms with E-state index in [4.69, 9.17) is 19.2 Å². The van der Waals surface area contributed by atoms with Gasteiger partial charge in [0.05, 0.1) is 30.2 Å². The molecule has 0 amide bonds. The smallest absolute Gasteiger partial charge is 0.0636 e. The highest BCUT2D eigenvalue weighted by Gasteiger charge is 2.20. The molecule has 0 unspecified atom stereocenters. The highest BCUT2D eigenvalue weighted by molar-refractivity contribution is 7.99. The lowest BCUT2D eigenvalue weighted by molar-refractivity contribution is 1.40. The van der Waals surface area contributed by atoms with Crippen LogP contribution in [0, 0.1) is 0 Å². The molecular weight excluding hydrogens is 537 g/mol. The first-order chi connectivity index (χ1) is 30.5. The largest absolute Gasteiger partial charge is 0.0888 e. The molecule has 1 heterocycles. The maximum Gasteiger partial charge on any atom is 0.0636 e. The lowest BCUT2D eigenvalue weighted by Crippen LogP contribution is -1.93. The van der Waals surface area contributed by atoms with Crippen LogP contribution in [0.15, 0.2) is 155 Å². The quantitative estimate of drug-likeness (QED) is 0.183. The van der Waals surface area contributed by atoms with Crippen LogP contribution in [0.2, 0.25) is 0 Å². The van der Waals surface area contributed by atoms with E-state index in [-0.39, 0.29) is 70.2 Å². The van der Waals surface area contributed by atoms with Gasteiger partial charge in [-0.05, 0) is 106 Å². The van der Waals surface area contributed by atoms with E-state index in [9.17, 15) is 11.0 Å². The minimum absolute atomic E-state index is 0.0236. The predicted molar refractivity (Wildman–Crippen MR) is 186 cm³/mol. The van der Waals surface area contributed by atoms with Gasteiger partial charge in [-0.1, -0.05) is 133 Å². The molecule has 0 N–H and O–H groups in total. The first-order valence-electron chi connectivity index (χ1n) is 24.1. The highest BCUT2D eigenvalue weighted by atomic mass is 32.2. The van der Waals surface area contributed by atoms with Crippen LogP contribution >= 0.6 is 11.8 Å². The van der Waals surface area contributed by atoms with Gasteiger partial charge in [0.1, 0.15) is 0 Å². The van der Waals surface area contributed by atoms with E-state index in [0.717, 1.165) is 11.8 Å². The van der Waals surface area contributed by atoms with E-state index < -0.39 is 160 Å². The lowest BCUT2D eigenvalue weighted by atomic mass is 9.88. The third-order valence-corrected chi connectivity index (χ3v) is 8.67. The summed E-state index contributed by atoms with van der Waals surface area (Å²) in [6.45, 7) is 0. The van der Waals surface area contributed by atoms with Crippen LogP contribution in [0.1, 0.15) is 30.2 Å². The molecule has 0 nitrogen and oxygen atoms in total. The molecule has 0 spiro atoms. The standard InChI is InChI=1S/C42H24S/c1-6-27-14-15-29-17-20-33(35-21-18-28(7-1)40(27)42(29)35)32-10-2-5-25-13-16-30(23-36(25)32)31-19-22-38-37(24-31)34-11-3-8-26-9-4-12-39(43-38)41(26)34/h1-24H/i1D,2D,3D,4D,5D,6D,7D,8D,9D,10D,11D,12D,13D,14D,15D,16D,17D,18D,20D,21D,23D,24D. The second kappa shape index (κ2) is 8.70. The Morgan fingerprint density at radius 2 is 1.00 bits per heavy atom. The van der Waals surface area contributed by atoms with Gasteiger partial charge in [0.15, 0.2) is 0 Å². The molecule has 0 aliphatic carbocycles. The normalized spacial score (nSPS) is 19.7. The average molecular weight is 583 g/mol. The molecule has 0 atom stereocenters. The van der Waals surface area contributed by atoms with Crippen molar-refractivity contribution in [2.45, 2.75) is 9.79 Å². The maximum atomic E-state index is 9.80. The van der Waals surface area contributed by atoms with Crippen LogP contribution in [0.4, 0.5) is 0 Å². The Balaban J connectivity index is 1.39. The van der Waals surface area contributed by atoms with Crippen molar-refractivity contribution in [3.8, 4) is 33.4 Å². The van der Waals surface area contributed by atoms with Gasteiger partial charge in [-0.15, -0.1) is 0 Å². The van der Waals surface area contributed by atoms with E-state index in [2.05, 4.69) is 0 Å². The first-order valence-corrected chi connectivity index (χ1v) is 13.9. The summed E-state index contributed by atoms with van der Waals surface area (Å²) in [4.78, 5) is 0.377. The molecule has 0 saturated carbocycles. The fourth-order valence-corrected chi connectivity index (χ4v) is 6.71. The van der Waals surface area contributed by atoms with Crippen molar-refractivity contribution < 1.29 is 30.2 Å². The fraction of sp³-hybridized carbons (Fsp3) is 0. The predicted octanol–water partition coefficient (Wildman–Crippen LogP) is 12.4. The monoisotopic (exact) mass is 582 g/mol. The molecule has 198 valence electrons. The third kappa shape index (κ3) is 3.34. The van der Waals surface area contributed by atoms with Gasteiger partial charge in [0.25, 0.3) is 0 Å². The first kappa shape index (κ1) is 10.9. The molecule has 0 bridgehead atoms. The highest BCUT2D eigenvalue weighted by Crippen LogP contribution is 2.49. The Morgan fingerprint density at radius 3 is 1.86 bits per heavy atom. The van der Waals surface area contributed by atoms with Crippen LogP contribution < -0.4 is 0 Å². The molecule has 0 fully saturated rings. The van der Waals surface area contributed by atoms with Gasteiger partial charge >= 0.3 is 0 Å². The molecule has 43 heavy (non-hydrogen) atoms. The van der Waals surface area contributed by atoms with Crippen LogP contribution in [0.5, 0.6) is 0 Å². The number of rotatable bonds is 2. The van der Waals surface area contributed by atoms with Crippen LogP contribution in [0.25, 0.3) is 87.2 Å². The Labute approximate surface area is 284 Å². The SMILES string of the molecule is [2H]c1c(-c2c([2H])c([2H])c3c([2H])c([2H])c([2H])c(-c4c([2H])c([2H])c5c([2H])c([2H])c6c([2H])c([2H])c([2H])c7c([2H])c([2H])c4c5c67)c3c2[2H])ccc2c1-c1c([2H])c([2H])c([2H])c3c([2H])c([2H])c([2H])c(c13)S2. The van der Waals surface area contributed by atoms with Crippen molar-refractivity contribution in [3.63, 3.8) is 0 Å². The molecule has 0 aromatic heterocycles. The molecule has 1 aliphatic rings. The second-order valence-electron chi connectivity index (χ2n) is 9.92. The Kier molecular flexibility index (Phi) is 2.20. The zero-order valence-corrected chi connectivity index (χ0v) is 22.4. The Morgan fingerprint density at radius 1 is 0.372 bits per heavy atom. The van der Waals surface area contributed by atoms with Crippen molar-refractivity contribution in [2.24, 2.45) is 0 Å². The van der Waals surface area contributed by atoms with Gasteiger partial charge in [0, 0.05) is 15.2 Å². The van der Waals surface area contributed by atoms with E-state index >= 15 is 0 Å². The van der Waals surface area contributed by atoms with Crippen molar-refractivity contribution in [3.05, 3.63) is 145 Å². The second-order valence-corrected chi connectivity index (χ2v) is 11.0. The Bertz CT molecular complexity index is 3790. The van der Waals surface area contributed by atoms with Crippen molar-refractivity contribution in [2.75, 3.05) is 0 Å². The van der Waals surface area contributed by atoms with Crippen molar-refractivity contribution in [1.29, 1.82) is 0 Å². The van der Waals surface area contributed by atoms with Gasteiger partial charge in [-0.3, -0.25) is 0 Å². The van der Waals surface area contributed by atoms with E-state index in [1.165, 1.54) is 12.1 Å². The fourth-order valence-electron chi connectivity index (χ4n) is 5.69. The molecule has 10 rings (SSSR count). The van der Waals surface area contributed by atoms with Crippen molar-refractivity contribution in [1.82, 2.24) is 0 Å². The minimum atomic E-state index is -0.836. The summed E-state index contributed by atoms with van der Waals surface area (Å²) in [7, 11) is 0. The number of hydrogen-bond acceptors (Lipinski definition) is 1. The van der Waals surface area contributed by atoms with Crippen molar-refractivity contribution >= 4 is 65.6 Å². The number of benzene rings is 9. The maximum absolute atomic E-state index is 9.80. The molecule has 0 saturated heterocycles. The van der Waals surface area contributed by atoms with Crippen LogP contribution in [-0.4, -0.2) is 0 Å². The van der Waals surface area contributed by atoms with Crippen LogP contribution in [0.3, 0.4) is 0 Å². The summed E-state index contributed by atoms with van der Waals surface area (Å²) in [6, 6.07) is -11.6. The number of fused-ring (bicyclic) bond motifs is 3. The van der Waals surface area contributed by atoms with Gasteiger partial charge < -0.3 is 0 Å². The summed E-state index contributed by atoms with van der Waals surface area (Å²) in [5.41, 5.74) is -1.86. The zero-order chi connectivity index (χ0) is 47.2. The number of hydrogen-bond donors (Lipinski definition) is 0. The van der Waals surface area contributed by atoms with E-state index in [1.54, 1.807) is 0 Å².